The van der Waals surface area contributed by atoms with Crippen molar-refractivity contribution >= 4 is 27.6 Å². The first-order chi connectivity index (χ1) is 17.3. The molecule has 0 saturated heterocycles. The summed E-state index contributed by atoms with van der Waals surface area (Å²) in [7, 11) is -3.69. The molecule has 1 unspecified atom stereocenters. The minimum atomic E-state index is -3.69. The van der Waals surface area contributed by atoms with Crippen LogP contribution in [0.5, 0.6) is 0 Å². The second kappa shape index (κ2) is 14.7. The molecular weight excluding hydrogens is 494 g/mol. The molecule has 5 nitrogen and oxygen atoms in total. The van der Waals surface area contributed by atoms with Gasteiger partial charge in [-0.15, -0.1) is 0 Å². The summed E-state index contributed by atoms with van der Waals surface area (Å²) in [5.41, 5.74) is 1.98. The fourth-order valence-corrected chi connectivity index (χ4v) is 6.52. The molecule has 0 aromatic heterocycles. The highest BCUT2D eigenvalue weighted by Gasteiger charge is 2.21. The van der Waals surface area contributed by atoms with Crippen molar-refractivity contribution in [3.8, 4) is 0 Å². The molecule has 3 rings (SSSR count). The lowest BCUT2D eigenvalue weighted by Crippen LogP contribution is -2.28. The van der Waals surface area contributed by atoms with Gasteiger partial charge in [-0.25, -0.2) is 13.1 Å². The van der Waals surface area contributed by atoms with Crippen molar-refractivity contribution in [1.29, 1.82) is 0 Å². The van der Waals surface area contributed by atoms with Gasteiger partial charge in [-0.05, 0) is 60.6 Å². The SMILES string of the molecule is O=C(O)CCCc1ccc(C(CCCCCCC2CCCCC2)NS(=O)(=O)c2ccc(Cl)cc2)cc1. The van der Waals surface area contributed by atoms with Crippen molar-refractivity contribution < 1.29 is 18.3 Å². The molecule has 0 amide bonds. The number of sulfonamides is 1. The van der Waals surface area contributed by atoms with Crippen LogP contribution in [-0.2, 0) is 21.2 Å². The Morgan fingerprint density at radius 3 is 2.25 bits per heavy atom. The highest BCUT2D eigenvalue weighted by molar-refractivity contribution is 7.89. The van der Waals surface area contributed by atoms with Gasteiger partial charge in [0.15, 0.2) is 0 Å². The Balaban J connectivity index is 1.58. The van der Waals surface area contributed by atoms with E-state index >= 15 is 0 Å². The van der Waals surface area contributed by atoms with Gasteiger partial charge in [-0.1, -0.05) is 100 Å². The molecule has 1 fully saturated rings. The molecule has 36 heavy (non-hydrogen) atoms. The zero-order valence-electron chi connectivity index (χ0n) is 21.1. The molecule has 198 valence electrons. The van der Waals surface area contributed by atoms with Gasteiger partial charge in [-0.2, -0.15) is 0 Å². The summed E-state index contributed by atoms with van der Waals surface area (Å²) in [6.45, 7) is 0. The third-order valence-corrected chi connectivity index (χ3v) is 8.98. The maximum atomic E-state index is 13.1. The minimum Gasteiger partial charge on any atom is -0.481 e. The highest BCUT2D eigenvalue weighted by Crippen LogP contribution is 2.29. The minimum absolute atomic E-state index is 0.145. The van der Waals surface area contributed by atoms with E-state index in [9.17, 15) is 13.2 Å². The molecule has 1 aliphatic carbocycles. The molecule has 0 heterocycles. The fraction of sp³-hybridized carbons (Fsp3) is 0.552. The van der Waals surface area contributed by atoms with Crippen LogP contribution in [0.2, 0.25) is 5.02 Å². The average molecular weight is 534 g/mol. The zero-order valence-corrected chi connectivity index (χ0v) is 22.7. The number of aryl methyl sites for hydroxylation is 1. The Bertz CT molecular complexity index is 1030. The number of halogens is 1. The molecule has 2 aromatic rings. The van der Waals surface area contributed by atoms with Gasteiger partial charge in [0.1, 0.15) is 0 Å². The number of carboxylic acid groups (broad SMARTS) is 1. The van der Waals surface area contributed by atoms with Gasteiger partial charge in [0, 0.05) is 17.5 Å². The first kappa shape index (κ1) is 28.7. The number of benzene rings is 2. The molecule has 2 N–H and O–H groups in total. The number of carboxylic acids is 1. The molecular formula is C29H40ClNO4S. The molecule has 1 saturated carbocycles. The van der Waals surface area contributed by atoms with Crippen LogP contribution in [0.4, 0.5) is 0 Å². The van der Waals surface area contributed by atoms with E-state index in [2.05, 4.69) is 4.72 Å². The highest BCUT2D eigenvalue weighted by atomic mass is 35.5. The number of aliphatic carboxylic acids is 1. The van der Waals surface area contributed by atoms with Crippen LogP contribution in [0.25, 0.3) is 0 Å². The van der Waals surface area contributed by atoms with Crippen LogP contribution in [0.3, 0.4) is 0 Å². The molecule has 2 aromatic carbocycles. The predicted molar refractivity (Wildman–Crippen MR) is 146 cm³/mol. The maximum absolute atomic E-state index is 13.1. The predicted octanol–water partition coefficient (Wildman–Crippen LogP) is 7.69. The number of rotatable bonds is 15. The largest absolute Gasteiger partial charge is 0.481 e. The monoisotopic (exact) mass is 533 g/mol. The zero-order chi connectivity index (χ0) is 25.8. The Kier molecular flexibility index (Phi) is 11.7. The van der Waals surface area contributed by atoms with Crippen LogP contribution in [-0.4, -0.2) is 19.5 Å². The van der Waals surface area contributed by atoms with Gasteiger partial charge in [-0.3, -0.25) is 4.79 Å². The van der Waals surface area contributed by atoms with Crippen LogP contribution in [0.1, 0.15) is 101 Å². The Hall–Kier alpha value is -1.89. The van der Waals surface area contributed by atoms with Gasteiger partial charge in [0.05, 0.1) is 4.90 Å². The molecule has 0 bridgehead atoms. The number of hydrogen-bond acceptors (Lipinski definition) is 3. The molecule has 1 atom stereocenters. The second-order valence-corrected chi connectivity index (χ2v) is 12.3. The van der Waals surface area contributed by atoms with Crippen molar-refractivity contribution in [3.63, 3.8) is 0 Å². The van der Waals surface area contributed by atoms with Crippen molar-refractivity contribution in [2.45, 2.75) is 101 Å². The van der Waals surface area contributed by atoms with Crippen molar-refractivity contribution in [2.75, 3.05) is 0 Å². The van der Waals surface area contributed by atoms with Crippen molar-refractivity contribution in [3.05, 3.63) is 64.7 Å². The van der Waals surface area contributed by atoms with Crippen LogP contribution < -0.4 is 4.72 Å². The molecule has 0 aliphatic heterocycles. The molecule has 7 heteroatoms. The van der Waals surface area contributed by atoms with Gasteiger partial charge >= 0.3 is 5.97 Å². The fourth-order valence-electron chi connectivity index (χ4n) is 5.13. The first-order valence-corrected chi connectivity index (χ1v) is 15.3. The summed E-state index contributed by atoms with van der Waals surface area (Å²) < 4.78 is 29.1. The van der Waals surface area contributed by atoms with Crippen LogP contribution in [0.15, 0.2) is 53.4 Å². The van der Waals surface area contributed by atoms with E-state index in [0.29, 0.717) is 17.9 Å². The van der Waals surface area contributed by atoms with Gasteiger partial charge < -0.3 is 5.11 Å². The van der Waals surface area contributed by atoms with Crippen molar-refractivity contribution in [2.24, 2.45) is 5.92 Å². The first-order valence-electron chi connectivity index (χ1n) is 13.4. The van der Waals surface area contributed by atoms with Crippen LogP contribution in [0, 0.1) is 5.92 Å². The summed E-state index contributed by atoms with van der Waals surface area (Å²) >= 11 is 5.94. The summed E-state index contributed by atoms with van der Waals surface area (Å²) in [6.07, 6.45) is 14.9. The summed E-state index contributed by atoms with van der Waals surface area (Å²) in [5, 5.41) is 9.35. The average Bonchev–Trinajstić information content (AvgIpc) is 2.86. The molecule has 0 spiro atoms. The lowest BCUT2D eigenvalue weighted by molar-refractivity contribution is -0.137. The Labute approximate surface area is 221 Å². The number of hydrogen-bond donors (Lipinski definition) is 2. The maximum Gasteiger partial charge on any atom is 0.303 e. The van der Waals surface area contributed by atoms with E-state index in [1.165, 1.54) is 63.5 Å². The standard InChI is InChI=1S/C29H40ClNO4S/c30-26-19-21-27(22-20-26)36(34,35)31-28(13-7-2-1-4-9-23-10-5-3-6-11-23)25-17-15-24(16-18-25)12-8-14-29(32)33/h15-23,28,31H,1-14H2,(H,32,33). The lowest BCUT2D eigenvalue weighted by Gasteiger charge is -2.21. The van der Waals surface area contributed by atoms with Crippen LogP contribution >= 0.6 is 11.6 Å². The molecule has 0 radical (unpaired) electrons. The quantitative estimate of drug-likeness (QED) is 0.230. The smallest absolute Gasteiger partial charge is 0.303 e. The number of carbonyl (C=O) groups is 1. The Morgan fingerprint density at radius 1 is 0.917 bits per heavy atom. The van der Waals surface area contributed by atoms with Crippen molar-refractivity contribution in [1.82, 2.24) is 4.72 Å². The number of nitrogens with one attached hydrogen (secondary N) is 1. The summed E-state index contributed by atoms with van der Waals surface area (Å²) in [4.78, 5) is 11.0. The normalized spacial score (nSPS) is 15.6. The van der Waals surface area contributed by atoms with E-state index < -0.39 is 16.0 Å². The van der Waals surface area contributed by atoms with Gasteiger partial charge in [0.25, 0.3) is 0 Å². The van der Waals surface area contributed by atoms with Gasteiger partial charge in [0.2, 0.25) is 10.0 Å². The topological polar surface area (TPSA) is 83.5 Å². The van der Waals surface area contributed by atoms with E-state index in [4.69, 9.17) is 16.7 Å². The summed E-state index contributed by atoms with van der Waals surface area (Å²) in [6, 6.07) is 13.8. The summed E-state index contributed by atoms with van der Waals surface area (Å²) in [5.74, 6) is 0.119. The third kappa shape index (κ3) is 9.87. The lowest BCUT2D eigenvalue weighted by atomic mass is 9.85. The Morgan fingerprint density at radius 2 is 1.58 bits per heavy atom. The van der Waals surface area contributed by atoms with E-state index in [0.717, 1.165) is 36.3 Å². The third-order valence-electron chi connectivity index (χ3n) is 7.24. The molecule has 1 aliphatic rings. The second-order valence-electron chi connectivity index (χ2n) is 10.1. The van der Waals surface area contributed by atoms with E-state index in [-0.39, 0.29) is 17.4 Å². The number of unbranched alkanes of at least 4 members (excludes halogenated alkanes) is 3. The van der Waals surface area contributed by atoms with E-state index in [1.807, 2.05) is 24.3 Å². The van der Waals surface area contributed by atoms with E-state index in [1.54, 1.807) is 12.1 Å².